The van der Waals surface area contributed by atoms with Crippen LogP contribution in [0.4, 0.5) is 10.5 Å². The molecule has 0 aliphatic carbocycles. The Kier molecular flexibility index (Phi) is 5.33. The lowest BCUT2D eigenvalue weighted by Crippen LogP contribution is -2.40. The van der Waals surface area contributed by atoms with Crippen molar-refractivity contribution in [3.8, 4) is 0 Å². The van der Waals surface area contributed by atoms with Gasteiger partial charge in [-0.3, -0.25) is 0 Å². The third-order valence-corrected chi connectivity index (χ3v) is 4.76. The lowest BCUT2D eigenvalue weighted by atomic mass is 10.0. The van der Waals surface area contributed by atoms with Crippen molar-refractivity contribution in [3.63, 3.8) is 0 Å². The molecule has 1 saturated heterocycles. The van der Waals surface area contributed by atoms with Crippen molar-refractivity contribution in [2.24, 2.45) is 7.05 Å². The van der Waals surface area contributed by atoms with Crippen LogP contribution in [0.1, 0.15) is 52.3 Å². The SMILES string of the molecule is CC(NC(=O)OC(C)(C)C)c1nc2ccn(C)c2cc1N1CCCC(O)C1. The molecule has 2 aromatic rings. The number of β-amino-alcohol motifs (C(OH)–C–C–N with tert-alkyl or cyclic N) is 1. The number of pyridine rings is 1. The van der Waals surface area contributed by atoms with E-state index in [-0.39, 0.29) is 12.1 Å². The zero-order valence-corrected chi connectivity index (χ0v) is 16.8. The van der Waals surface area contributed by atoms with Gasteiger partial charge in [0.15, 0.2) is 0 Å². The fourth-order valence-electron chi connectivity index (χ4n) is 3.49. The number of piperidine rings is 1. The van der Waals surface area contributed by atoms with Gasteiger partial charge in [-0.1, -0.05) is 0 Å². The summed E-state index contributed by atoms with van der Waals surface area (Å²) in [6.07, 6.45) is 2.92. The van der Waals surface area contributed by atoms with Crippen molar-refractivity contribution in [1.82, 2.24) is 14.9 Å². The van der Waals surface area contributed by atoms with Gasteiger partial charge in [0.1, 0.15) is 5.60 Å². The summed E-state index contributed by atoms with van der Waals surface area (Å²) < 4.78 is 7.42. The minimum atomic E-state index is -0.555. The summed E-state index contributed by atoms with van der Waals surface area (Å²) >= 11 is 0. The Bertz CT molecular complexity index is 824. The molecule has 0 saturated carbocycles. The summed E-state index contributed by atoms with van der Waals surface area (Å²) in [6.45, 7) is 8.86. The van der Waals surface area contributed by atoms with E-state index in [0.29, 0.717) is 6.54 Å². The zero-order valence-electron chi connectivity index (χ0n) is 16.8. The molecule has 7 heteroatoms. The van der Waals surface area contributed by atoms with Crippen LogP contribution in [0.2, 0.25) is 0 Å². The molecule has 2 N–H and O–H groups in total. The van der Waals surface area contributed by atoms with Crippen molar-refractivity contribution in [2.45, 2.75) is 58.3 Å². The molecule has 0 radical (unpaired) electrons. The summed E-state index contributed by atoms with van der Waals surface area (Å²) in [5.41, 5.74) is 3.09. The molecule has 0 spiro atoms. The van der Waals surface area contributed by atoms with E-state index >= 15 is 0 Å². The van der Waals surface area contributed by atoms with E-state index in [1.807, 2.05) is 51.6 Å². The number of rotatable bonds is 3. The second-order valence-electron chi connectivity index (χ2n) is 8.33. The van der Waals surface area contributed by atoms with Crippen LogP contribution in [0.15, 0.2) is 18.3 Å². The second kappa shape index (κ2) is 7.38. The predicted molar refractivity (Wildman–Crippen MR) is 106 cm³/mol. The summed E-state index contributed by atoms with van der Waals surface area (Å²) in [7, 11) is 1.99. The van der Waals surface area contributed by atoms with Crippen LogP contribution in [0.25, 0.3) is 11.0 Å². The maximum Gasteiger partial charge on any atom is 0.408 e. The highest BCUT2D eigenvalue weighted by Crippen LogP contribution is 2.31. The molecule has 1 amide bonds. The molecule has 148 valence electrons. The molecule has 0 bridgehead atoms. The van der Waals surface area contributed by atoms with Gasteiger partial charge in [-0.05, 0) is 52.7 Å². The first kappa shape index (κ1) is 19.5. The van der Waals surface area contributed by atoms with Crippen LogP contribution in [0, 0.1) is 0 Å². The van der Waals surface area contributed by atoms with E-state index in [0.717, 1.165) is 41.8 Å². The van der Waals surface area contributed by atoms with E-state index in [4.69, 9.17) is 9.72 Å². The average Bonchev–Trinajstić information content (AvgIpc) is 2.92. The number of aromatic nitrogens is 2. The number of aryl methyl sites for hydroxylation is 1. The Labute approximate surface area is 160 Å². The Morgan fingerprint density at radius 3 is 2.85 bits per heavy atom. The maximum absolute atomic E-state index is 12.2. The molecule has 27 heavy (non-hydrogen) atoms. The number of hydrogen-bond donors (Lipinski definition) is 2. The Balaban J connectivity index is 1.94. The van der Waals surface area contributed by atoms with Gasteiger partial charge in [0, 0.05) is 26.3 Å². The van der Waals surface area contributed by atoms with Gasteiger partial charge < -0.3 is 24.6 Å². The first-order chi connectivity index (χ1) is 12.6. The number of fused-ring (bicyclic) bond motifs is 1. The number of carbonyl (C=O) groups excluding carboxylic acids is 1. The van der Waals surface area contributed by atoms with E-state index < -0.39 is 11.7 Å². The van der Waals surface area contributed by atoms with E-state index in [1.165, 1.54) is 0 Å². The van der Waals surface area contributed by atoms with Crippen LogP contribution in [-0.4, -0.2) is 45.5 Å². The first-order valence-electron chi connectivity index (χ1n) is 9.52. The Hall–Kier alpha value is -2.28. The molecule has 3 rings (SSSR count). The number of amides is 1. The van der Waals surface area contributed by atoms with Gasteiger partial charge in [-0.15, -0.1) is 0 Å². The Morgan fingerprint density at radius 1 is 1.44 bits per heavy atom. The van der Waals surface area contributed by atoms with Gasteiger partial charge >= 0.3 is 6.09 Å². The number of hydrogen-bond acceptors (Lipinski definition) is 5. The maximum atomic E-state index is 12.2. The fourth-order valence-corrected chi connectivity index (χ4v) is 3.49. The molecular formula is C20H30N4O3. The predicted octanol–water partition coefficient (Wildman–Crippen LogP) is 3.12. The number of ether oxygens (including phenoxy) is 1. The van der Waals surface area contributed by atoms with Gasteiger partial charge in [0.2, 0.25) is 0 Å². The molecule has 1 aliphatic rings. The van der Waals surface area contributed by atoms with Crippen molar-refractivity contribution < 1.29 is 14.6 Å². The summed E-state index contributed by atoms with van der Waals surface area (Å²) in [5, 5.41) is 13.0. The highest BCUT2D eigenvalue weighted by atomic mass is 16.6. The highest BCUT2D eigenvalue weighted by molar-refractivity contribution is 5.81. The van der Waals surface area contributed by atoms with Crippen molar-refractivity contribution in [2.75, 3.05) is 18.0 Å². The Morgan fingerprint density at radius 2 is 2.19 bits per heavy atom. The minimum Gasteiger partial charge on any atom is -0.444 e. The monoisotopic (exact) mass is 374 g/mol. The molecule has 0 aromatic carbocycles. The molecule has 7 nitrogen and oxygen atoms in total. The molecule has 1 fully saturated rings. The fraction of sp³-hybridized carbons (Fsp3) is 0.600. The molecule has 3 heterocycles. The topological polar surface area (TPSA) is 79.6 Å². The van der Waals surface area contributed by atoms with E-state index in [1.54, 1.807) is 0 Å². The lowest BCUT2D eigenvalue weighted by Gasteiger charge is -2.34. The van der Waals surface area contributed by atoms with Crippen LogP contribution in [0.5, 0.6) is 0 Å². The molecular weight excluding hydrogens is 344 g/mol. The largest absolute Gasteiger partial charge is 0.444 e. The molecule has 2 aromatic heterocycles. The summed E-state index contributed by atoms with van der Waals surface area (Å²) in [5.74, 6) is 0. The second-order valence-corrected chi connectivity index (χ2v) is 8.33. The normalized spacial score (nSPS) is 19.2. The third-order valence-electron chi connectivity index (χ3n) is 4.76. The third kappa shape index (κ3) is 4.53. The number of anilines is 1. The van der Waals surface area contributed by atoms with Crippen LogP contribution in [-0.2, 0) is 11.8 Å². The van der Waals surface area contributed by atoms with Gasteiger partial charge in [0.25, 0.3) is 0 Å². The van der Waals surface area contributed by atoms with Gasteiger partial charge in [-0.25, -0.2) is 9.78 Å². The molecule has 2 atom stereocenters. The lowest BCUT2D eigenvalue weighted by molar-refractivity contribution is 0.0507. The average molecular weight is 374 g/mol. The van der Waals surface area contributed by atoms with Crippen LogP contribution >= 0.6 is 0 Å². The van der Waals surface area contributed by atoms with E-state index in [9.17, 15) is 9.90 Å². The number of aliphatic hydroxyl groups is 1. The van der Waals surface area contributed by atoms with Gasteiger partial charge in [0.05, 0.1) is 34.6 Å². The van der Waals surface area contributed by atoms with Crippen molar-refractivity contribution in [3.05, 3.63) is 24.0 Å². The minimum absolute atomic E-state index is 0.321. The van der Waals surface area contributed by atoms with Crippen molar-refractivity contribution >= 4 is 22.8 Å². The van der Waals surface area contributed by atoms with Crippen LogP contribution < -0.4 is 10.2 Å². The highest BCUT2D eigenvalue weighted by Gasteiger charge is 2.26. The quantitative estimate of drug-likeness (QED) is 0.863. The summed E-state index contributed by atoms with van der Waals surface area (Å²) in [6, 6.07) is 3.75. The zero-order chi connectivity index (χ0) is 19.8. The number of aliphatic hydroxyl groups excluding tert-OH is 1. The standard InChI is InChI=1S/C20H30N4O3/c1-13(21-19(26)27-20(2,3)4)18-17(24-9-6-7-14(25)12-24)11-16-15(22-18)8-10-23(16)5/h8,10-11,13-14,25H,6-7,9,12H2,1-5H3,(H,21,26). The van der Waals surface area contributed by atoms with Crippen LogP contribution in [0.3, 0.4) is 0 Å². The first-order valence-corrected chi connectivity index (χ1v) is 9.52. The molecule has 2 unspecified atom stereocenters. The number of carbonyl (C=O) groups is 1. The van der Waals surface area contributed by atoms with Crippen molar-refractivity contribution in [1.29, 1.82) is 0 Å². The number of nitrogens with zero attached hydrogens (tertiary/aromatic N) is 3. The molecule has 1 aliphatic heterocycles. The summed E-state index contributed by atoms with van der Waals surface area (Å²) in [4.78, 5) is 19.2. The smallest absolute Gasteiger partial charge is 0.408 e. The van der Waals surface area contributed by atoms with E-state index in [2.05, 4.69) is 16.3 Å². The van der Waals surface area contributed by atoms with Gasteiger partial charge in [-0.2, -0.15) is 0 Å². The number of alkyl carbamates (subject to hydrolysis) is 1. The number of nitrogens with one attached hydrogen (secondary N) is 1.